The fourth-order valence-corrected chi connectivity index (χ4v) is 3.14. The Morgan fingerprint density at radius 2 is 2.29 bits per heavy atom. The van der Waals surface area contributed by atoms with E-state index >= 15 is 0 Å². The van der Waals surface area contributed by atoms with Gasteiger partial charge >= 0.3 is 0 Å². The first-order chi connectivity index (χ1) is 8.38. The average molecular weight is 251 g/mol. The number of thioether (sulfide) groups is 1. The minimum absolute atomic E-state index is 0.416. The number of ether oxygens (including phenoxy) is 1. The van der Waals surface area contributed by atoms with Gasteiger partial charge in [-0.3, -0.25) is 0 Å². The van der Waals surface area contributed by atoms with E-state index in [-0.39, 0.29) is 0 Å². The first-order valence-electron chi connectivity index (χ1n) is 6.42. The van der Waals surface area contributed by atoms with Crippen LogP contribution in [0.2, 0.25) is 0 Å². The molecule has 1 unspecified atom stereocenters. The molecule has 0 spiro atoms. The number of nitrogens with two attached hydrogens (primary N) is 1. The molecule has 0 aliphatic carbocycles. The van der Waals surface area contributed by atoms with Gasteiger partial charge in [0, 0.05) is 5.75 Å². The molecule has 1 atom stereocenters. The molecule has 2 nitrogen and oxygen atoms in total. The molecule has 94 valence electrons. The van der Waals surface area contributed by atoms with Crippen LogP contribution in [0.1, 0.15) is 24.8 Å². The second-order valence-corrected chi connectivity index (χ2v) is 5.65. The Morgan fingerprint density at radius 3 is 3.06 bits per heavy atom. The summed E-state index contributed by atoms with van der Waals surface area (Å²) in [7, 11) is 0. The molecule has 1 aliphatic heterocycles. The van der Waals surface area contributed by atoms with Crippen LogP contribution in [0.4, 0.5) is 0 Å². The predicted octanol–water partition coefficient (Wildman–Crippen LogP) is 2.85. The number of rotatable bonds is 6. The van der Waals surface area contributed by atoms with Gasteiger partial charge in [-0.25, -0.2) is 0 Å². The van der Waals surface area contributed by atoms with Crippen molar-refractivity contribution in [3.05, 3.63) is 29.8 Å². The first-order valence-corrected chi connectivity index (χ1v) is 7.57. The van der Waals surface area contributed by atoms with Gasteiger partial charge in [-0.1, -0.05) is 12.1 Å². The van der Waals surface area contributed by atoms with Crippen molar-refractivity contribution in [2.75, 3.05) is 18.1 Å². The summed E-state index contributed by atoms with van der Waals surface area (Å²) in [4.78, 5) is 0. The Balaban J connectivity index is 1.86. The molecule has 1 aromatic rings. The summed E-state index contributed by atoms with van der Waals surface area (Å²) in [6.07, 6.45) is 4.97. The zero-order chi connectivity index (χ0) is 11.9. The Labute approximate surface area is 108 Å². The molecule has 1 aromatic carbocycles. The molecule has 1 heterocycles. The van der Waals surface area contributed by atoms with E-state index in [2.05, 4.69) is 24.3 Å². The van der Waals surface area contributed by atoms with Crippen molar-refractivity contribution in [2.45, 2.75) is 31.8 Å². The topological polar surface area (TPSA) is 35.2 Å². The third-order valence-corrected chi connectivity index (χ3v) is 4.14. The zero-order valence-electron chi connectivity index (χ0n) is 10.2. The quantitative estimate of drug-likeness (QED) is 0.790. The maximum Gasteiger partial charge on any atom is 0.120 e. The van der Waals surface area contributed by atoms with Crippen LogP contribution >= 0.6 is 11.8 Å². The van der Waals surface area contributed by atoms with Crippen molar-refractivity contribution >= 4 is 11.8 Å². The molecule has 17 heavy (non-hydrogen) atoms. The summed E-state index contributed by atoms with van der Waals surface area (Å²) in [6, 6.07) is 8.51. The summed E-state index contributed by atoms with van der Waals surface area (Å²) in [5.74, 6) is 3.40. The molecule has 0 radical (unpaired) electrons. The molecule has 0 amide bonds. The third kappa shape index (κ3) is 4.25. The number of unbranched alkanes of at least 4 members (excludes halogenated alkanes) is 1. The van der Waals surface area contributed by atoms with E-state index in [1.165, 1.54) is 24.2 Å². The van der Waals surface area contributed by atoms with Crippen LogP contribution in [0.15, 0.2) is 24.3 Å². The van der Waals surface area contributed by atoms with Gasteiger partial charge in [0.1, 0.15) is 11.9 Å². The number of hydrogen-bond donors (Lipinski definition) is 1. The van der Waals surface area contributed by atoms with Crippen molar-refractivity contribution in [3.63, 3.8) is 0 Å². The summed E-state index contributed by atoms with van der Waals surface area (Å²) < 4.78 is 5.98. The Bertz CT molecular complexity index is 337. The van der Waals surface area contributed by atoms with Gasteiger partial charge < -0.3 is 10.5 Å². The van der Waals surface area contributed by atoms with E-state index in [4.69, 9.17) is 10.5 Å². The van der Waals surface area contributed by atoms with Crippen molar-refractivity contribution in [2.24, 2.45) is 5.73 Å². The monoisotopic (exact) mass is 251 g/mol. The lowest BCUT2D eigenvalue weighted by Crippen LogP contribution is -2.14. The molecule has 0 aromatic heterocycles. The maximum atomic E-state index is 5.98. The van der Waals surface area contributed by atoms with Gasteiger partial charge in [0.15, 0.2) is 0 Å². The number of benzene rings is 1. The van der Waals surface area contributed by atoms with E-state index in [1.54, 1.807) is 0 Å². The highest BCUT2D eigenvalue weighted by molar-refractivity contribution is 7.99. The normalized spacial score (nSPS) is 19.5. The van der Waals surface area contributed by atoms with Crippen LogP contribution in [-0.4, -0.2) is 24.2 Å². The SMILES string of the molecule is NCCCCc1cccc(OC2CCSC2)c1. The molecule has 1 aliphatic rings. The molecular weight excluding hydrogens is 230 g/mol. The van der Waals surface area contributed by atoms with Crippen LogP contribution in [0.25, 0.3) is 0 Å². The van der Waals surface area contributed by atoms with Crippen LogP contribution in [-0.2, 0) is 6.42 Å². The first kappa shape index (κ1) is 12.8. The summed E-state index contributed by atoms with van der Waals surface area (Å²) in [5, 5.41) is 0. The van der Waals surface area contributed by atoms with Crippen LogP contribution < -0.4 is 10.5 Å². The van der Waals surface area contributed by atoms with Gasteiger partial charge in [0.2, 0.25) is 0 Å². The van der Waals surface area contributed by atoms with E-state index in [9.17, 15) is 0 Å². The van der Waals surface area contributed by atoms with Crippen LogP contribution in [0.5, 0.6) is 5.75 Å². The molecule has 2 rings (SSSR count). The van der Waals surface area contributed by atoms with Crippen molar-refractivity contribution in [1.82, 2.24) is 0 Å². The molecule has 0 saturated carbocycles. The van der Waals surface area contributed by atoms with Crippen LogP contribution in [0.3, 0.4) is 0 Å². The largest absolute Gasteiger partial charge is 0.490 e. The second-order valence-electron chi connectivity index (χ2n) is 4.50. The fraction of sp³-hybridized carbons (Fsp3) is 0.571. The number of aryl methyl sites for hydroxylation is 1. The van der Waals surface area contributed by atoms with E-state index in [0.717, 1.165) is 30.9 Å². The maximum absolute atomic E-state index is 5.98. The lowest BCUT2D eigenvalue weighted by atomic mass is 10.1. The van der Waals surface area contributed by atoms with Crippen LogP contribution in [0, 0.1) is 0 Å². The smallest absolute Gasteiger partial charge is 0.120 e. The summed E-state index contributed by atoms with van der Waals surface area (Å²) in [5.41, 5.74) is 6.87. The van der Waals surface area contributed by atoms with E-state index in [1.807, 2.05) is 11.8 Å². The lowest BCUT2D eigenvalue weighted by molar-refractivity contribution is 0.229. The van der Waals surface area contributed by atoms with Gasteiger partial charge in [-0.2, -0.15) is 11.8 Å². The van der Waals surface area contributed by atoms with Crippen molar-refractivity contribution < 1.29 is 4.74 Å². The highest BCUT2D eigenvalue weighted by atomic mass is 32.2. The van der Waals surface area contributed by atoms with Gasteiger partial charge in [0.25, 0.3) is 0 Å². The average Bonchev–Trinajstić information content (AvgIpc) is 2.83. The Hall–Kier alpha value is -0.670. The molecule has 2 N–H and O–H groups in total. The predicted molar refractivity (Wildman–Crippen MR) is 74.8 cm³/mol. The van der Waals surface area contributed by atoms with Crippen molar-refractivity contribution in [3.8, 4) is 5.75 Å². The Morgan fingerprint density at radius 1 is 1.35 bits per heavy atom. The molecule has 1 saturated heterocycles. The highest BCUT2D eigenvalue weighted by Gasteiger charge is 2.16. The highest BCUT2D eigenvalue weighted by Crippen LogP contribution is 2.24. The molecule has 3 heteroatoms. The summed E-state index contributed by atoms with van der Waals surface area (Å²) >= 11 is 1.98. The van der Waals surface area contributed by atoms with Gasteiger partial charge in [-0.15, -0.1) is 0 Å². The van der Waals surface area contributed by atoms with Gasteiger partial charge in [0.05, 0.1) is 0 Å². The molecule has 0 bridgehead atoms. The number of hydrogen-bond acceptors (Lipinski definition) is 3. The van der Waals surface area contributed by atoms with Gasteiger partial charge in [-0.05, 0) is 55.7 Å². The van der Waals surface area contributed by atoms with Crippen molar-refractivity contribution in [1.29, 1.82) is 0 Å². The zero-order valence-corrected chi connectivity index (χ0v) is 11.0. The summed E-state index contributed by atoms with van der Waals surface area (Å²) in [6.45, 7) is 0.787. The standard InChI is InChI=1S/C14H21NOS/c15-8-2-1-4-12-5-3-6-13(10-12)16-14-7-9-17-11-14/h3,5-6,10,14H,1-2,4,7-9,11,15H2. The van der Waals surface area contributed by atoms with E-state index in [0.29, 0.717) is 6.10 Å². The lowest BCUT2D eigenvalue weighted by Gasteiger charge is -2.13. The molecular formula is C14H21NOS. The second kappa shape index (κ2) is 6.92. The third-order valence-electron chi connectivity index (χ3n) is 3.01. The Kier molecular flexibility index (Phi) is 5.20. The van der Waals surface area contributed by atoms with E-state index < -0.39 is 0 Å². The minimum Gasteiger partial charge on any atom is -0.490 e. The fourth-order valence-electron chi connectivity index (χ4n) is 2.05. The molecule has 1 fully saturated rings. The minimum atomic E-state index is 0.416.